The predicted molar refractivity (Wildman–Crippen MR) is 78.5 cm³/mol. The van der Waals surface area contributed by atoms with E-state index in [-0.39, 0.29) is 11.3 Å². The molecule has 1 amide bonds. The quantitative estimate of drug-likeness (QED) is 0.480. The SMILES string of the molecule is O=C(NCCCCI)C1(c2ccccc2)CC1. The van der Waals surface area contributed by atoms with E-state index in [4.69, 9.17) is 0 Å². The molecule has 0 radical (unpaired) electrons. The first-order valence-corrected chi connectivity index (χ1v) is 7.72. The van der Waals surface area contributed by atoms with Crippen LogP contribution in [0.3, 0.4) is 0 Å². The molecule has 0 heterocycles. The highest BCUT2D eigenvalue weighted by Gasteiger charge is 2.50. The van der Waals surface area contributed by atoms with Gasteiger partial charge in [-0.15, -0.1) is 0 Å². The molecule has 2 nitrogen and oxygen atoms in total. The molecule has 92 valence electrons. The van der Waals surface area contributed by atoms with E-state index in [1.807, 2.05) is 18.2 Å². The van der Waals surface area contributed by atoms with Crippen LogP contribution in [0.1, 0.15) is 31.2 Å². The predicted octanol–water partition coefficient (Wildman–Crippen LogP) is 3.05. The van der Waals surface area contributed by atoms with E-state index >= 15 is 0 Å². The Hall–Kier alpha value is -0.580. The van der Waals surface area contributed by atoms with E-state index in [1.54, 1.807) is 0 Å². The molecule has 0 atom stereocenters. The summed E-state index contributed by atoms with van der Waals surface area (Å²) in [6.07, 6.45) is 4.25. The van der Waals surface area contributed by atoms with Gasteiger partial charge in [-0.25, -0.2) is 0 Å². The number of hydrogen-bond donors (Lipinski definition) is 1. The zero-order valence-corrected chi connectivity index (χ0v) is 12.1. The second-order valence-corrected chi connectivity index (χ2v) is 5.68. The Morgan fingerprint density at radius 2 is 1.94 bits per heavy atom. The second-order valence-electron chi connectivity index (χ2n) is 4.60. The van der Waals surface area contributed by atoms with Crippen molar-refractivity contribution in [3.8, 4) is 0 Å². The Labute approximate surface area is 116 Å². The molecule has 1 N–H and O–H groups in total. The summed E-state index contributed by atoms with van der Waals surface area (Å²) in [7, 11) is 0. The molecule has 0 aliphatic heterocycles. The van der Waals surface area contributed by atoms with Crippen LogP contribution in [0.15, 0.2) is 30.3 Å². The molecule has 1 fully saturated rings. The molecule has 1 aliphatic rings. The van der Waals surface area contributed by atoms with Crippen LogP contribution in [0.4, 0.5) is 0 Å². The monoisotopic (exact) mass is 343 g/mol. The molecule has 0 bridgehead atoms. The molecule has 3 heteroatoms. The fraction of sp³-hybridized carbons (Fsp3) is 0.500. The number of amides is 1. The fourth-order valence-corrected chi connectivity index (χ4v) is 2.66. The number of hydrogen-bond acceptors (Lipinski definition) is 1. The number of alkyl halides is 1. The molecular formula is C14H18INO. The Kier molecular flexibility index (Phi) is 4.42. The standard InChI is InChI=1S/C14H18INO/c15-10-4-5-11-16-13(17)14(8-9-14)12-6-2-1-3-7-12/h1-3,6-7H,4-5,8-11H2,(H,16,17). The highest BCUT2D eigenvalue weighted by Crippen LogP contribution is 2.48. The summed E-state index contributed by atoms with van der Waals surface area (Å²) in [5.41, 5.74) is 0.970. The highest BCUT2D eigenvalue weighted by molar-refractivity contribution is 14.1. The molecule has 17 heavy (non-hydrogen) atoms. The molecular weight excluding hydrogens is 325 g/mol. The van der Waals surface area contributed by atoms with Crippen LogP contribution in [0.2, 0.25) is 0 Å². The summed E-state index contributed by atoms with van der Waals surface area (Å²) in [6, 6.07) is 10.2. The van der Waals surface area contributed by atoms with Crippen LogP contribution in [0.25, 0.3) is 0 Å². The summed E-state index contributed by atoms with van der Waals surface area (Å²) in [5, 5.41) is 3.08. The van der Waals surface area contributed by atoms with Crippen molar-refractivity contribution in [3.05, 3.63) is 35.9 Å². The van der Waals surface area contributed by atoms with Crippen molar-refractivity contribution in [2.24, 2.45) is 0 Å². The highest BCUT2D eigenvalue weighted by atomic mass is 127. The third-order valence-corrected chi connectivity index (χ3v) is 4.12. The topological polar surface area (TPSA) is 29.1 Å². The van der Waals surface area contributed by atoms with Gasteiger partial charge in [0, 0.05) is 6.54 Å². The molecule has 0 unspecified atom stereocenters. The zero-order chi connectivity index (χ0) is 12.1. The van der Waals surface area contributed by atoms with Gasteiger partial charge in [0.15, 0.2) is 0 Å². The van der Waals surface area contributed by atoms with Crippen molar-refractivity contribution in [1.82, 2.24) is 5.32 Å². The summed E-state index contributed by atoms with van der Waals surface area (Å²) < 4.78 is 1.16. The average Bonchev–Trinajstić information content (AvgIpc) is 3.17. The summed E-state index contributed by atoms with van der Waals surface area (Å²) in [4.78, 5) is 12.2. The van der Waals surface area contributed by atoms with Crippen LogP contribution in [0.5, 0.6) is 0 Å². The maximum absolute atomic E-state index is 12.2. The lowest BCUT2D eigenvalue weighted by Gasteiger charge is -2.15. The van der Waals surface area contributed by atoms with Gasteiger partial charge in [-0.2, -0.15) is 0 Å². The Balaban J connectivity index is 1.91. The Morgan fingerprint density at radius 3 is 2.53 bits per heavy atom. The number of halogens is 1. The first-order chi connectivity index (χ1) is 8.29. The van der Waals surface area contributed by atoms with Gasteiger partial charge in [0.2, 0.25) is 5.91 Å². The normalized spacial score (nSPS) is 16.5. The first-order valence-electron chi connectivity index (χ1n) is 6.19. The summed E-state index contributed by atoms with van der Waals surface area (Å²) >= 11 is 2.37. The maximum Gasteiger partial charge on any atom is 0.230 e. The molecule has 0 spiro atoms. The molecule has 0 saturated heterocycles. The van der Waals surface area contributed by atoms with Crippen molar-refractivity contribution >= 4 is 28.5 Å². The fourth-order valence-electron chi connectivity index (χ4n) is 2.12. The van der Waals surface area contributed by atoms with Crippen LogP contribution < -0.4 is 5.32 Å². The average molecular weight is 343 g/mol. The van der Waals surface area contributed by atoms with E-state index < -0.39 is 0 Å². The summed E-state index contributed by atoms with van der Waals surface area (Å²) in [6.45, 7) is 0.816. The van der Waals surface area contributed by atoms with Gasteiger partial charge in [0.25, 0.3) is 0 Å². The van der Waals surface area contributed by atoms with Crippen molar-refractivity contribution in [1.29, 1.82) is 0 Å². The molecule has 2 rings (SSSR count). The van der Waals surface area contributed by atoms with Gasteiger partial charge in [-0.05, 0) is 35.7 Å². The van der Waals surface area contributed by atoms with Crippen LogP contribution in [-0.4, -0.2) is 16.9 Å². The van der Waals surface area contributed by atoms with Gasteiger partial charge in [0.1, 0.15) is 0 Å². The van der Waals surface area contributed by atoms with Crippen molar-refractivity contribution in [3.63, 3.8) is 0 Å². The van der Waals surface area contributed by atoms with Crippen LogP contribution in [0, 0.1) is 0 Å². The lowest BCUT2D eigenvalue weighted by molar-refractivity contribution is -0.123. The van der Waals surface area contributed by atoms with Crippen molar-refractivity contribution < 1.29 is 4.79 Å². The van der Waals surface area contributed by atoms with Gasteiger partial charge >= 0.3 is 0 Å². The largest absolute Gasteiger partial charge is 0.355 e. The molecule has 1 aromatic rings. The van der Waals surface area contributed by atoms with Gasteiger partial charge < -0.3 is 5.32 Å². The lowest BCUT2D eigenvalue weighted by atomic mass is 9.95. The first kappa shape index (κ1) is 12.9. The van der Waals surface area contributed by atoms with Crippen LogP contribution >= 0.6 is 22.6 Å². The van der Waals surface area contributed by atoms with E-state index in [1.165, 1.54) is 12.0 Å². The third-order valence-electron chi connectivity index (χ3n) is 3.36. The molecule has 1 aliphatic carbocycles. The number of unbranched alkanes of at least 4 members (excludes halogenated alkanes) is 1. The van der Waals surface area contributed by atoms with Crippen molar-refractivity contribution in [2.45, 2.75) is 31.1 Å². The molecule has 1 aromatic carbocycles. The Morgan fingerprint density at radius 1 is 1.24 bits per heavy atom. The smallest absolute Gasteiger partial charge is 0.230 e. The zero-order valence-electron chi connectivity index (χ0n) is 9.92. The minimum atomic E-state index is -0.203. The van der Waals surface area contributed by atoms with E-state index in [0.717, 1.165) is 30.2 Å². The number of carbonyl (C=O) groups excluding carboxylic acids is 1. The lowest BCUT2D eigenvalue weighted by Crippen LogP contribution is -2.35. The maximum atomic E-state index is 12.2. The number of benzene rings is 1. The number of rotatable bonds is 6. The molecule has 0 aromatic heterocycles. The minimum absolute atomic E-state index is 0.203. The summed E-state index contributed by atoms with van der Waals surface area (Å²) in [5.74, 6) is 0.220. The number of nitrogens with one attached hydrogen (secondary N) is 1. The van der Waals surface area contributed by atoms with E-state index in [2.05, 4.69) is 40.0 Å². The van der Waals surface area contributed by atoms with Crippen molar-refractivity contribution in [2.75, 3.05) is 11.0 Å². The third kappa shape index (κ3) is 3.00. The minimum Gasteiger partial charge on any atom is -0.355 e. The van der Waals surface area contributed by atoms with Gasteiger partial charge in [0.05, 0.1) is 5.41 Å². The van der Waals surface area contributed by atoms with E-state index in [0.29, 0.717) is 0 Å². The Bertz CT molecular complexity index is 373. The van der Waals surface area contributed by atoms with Gasteiger partial charge in [-0.3, -0.25) is 4.79 Å². The molecule has 1 saturated carbocycles. The second kappa shape index (κ2) is 5.85. The van der Waals surface area contributed by atoms with E-state index in [9.17, 15) is 4.79 Å². The van der Waals surface area contributed by atoms with Gasteiger partial charge in [-0.1, -0.05) is 52.9 Å². The van der Waals surface area contributed by atoms with Crippen LogP contribution in [-0.2, 0) is 10.2 Å². The number of carbonyl (C=O) groups is 1.